The van der Waals surface area contributed by atoms with Crippen molar-refractivity contribution in [3.63, 3.8) is 0 Å². The van der Waals surface area contributed by atoms with Gasteiger partial charge in [0, 0.05) is 23.2 Å². The molecule has 1 aliphatic carbocycles. The van der Waals surface area contributed by atoms with Crippen molar-refractivity contribution in [1.29, 1.82) is 0 Å². The van der Waals surface area contributed by atoms with E-state index in [0.29, 0.717) is 0 Å². The molecule has 0 N–H and O–H groups in total. The smallest absolute Gasteiger partial charge is 0.0938 e. The van der Waals surface area contributed by atoms with Crippen molar-refractivity contribution in [2.24, 2.45) is 5.92 Å². The zero-order chi connectivity index (χ0) is 9.54. The Morgan fingerprint density at radius 1 is 1.43 bits per heavy atom. The van der Waals surface area contributed by atoms with Gasteiger partial charge in [0.2, 0.25) is 0 Å². The largest absolute Gasteiger partial charge is 0.271 e. The van der Waals surface area contributed by atoms with Crippen molar-refractivity contribution in [2.45, 2.75) is 19.4 Å². The Labute approximate surface area is 87.5 Å². The minimum absolute atomic E-state index is 0.758. The van der Waals surface area contributed by atoms with Crippen LogP contribution in [-0.4, -0.2) is 9.78 Å². The SMILES string of the molecule is Clc1ccc2cn(CC3CC3)nc2c1. The number of rotatable bonds is 2. The summed E-state index contributed by atoms with van der Waals surface area (Å²) >= 11 is 5.90. The summed E-state index contributed by atoms with van der Waals surface area (Å²) in [6.07, 6.45) is 4.82. The first-order valence-corrected chi connectivity index (χ1v) is 5.32. The lowest BCUT2D eigenvalue weighted by molar-refractivity contribution is 0.568. The monoisotopic (exact) mass is 206 g/mol. The molecular formula is C11H11ClN2. The van der Waals surface area contributed by atoms with Crippen LogP contribution >= 0.6 is 11.6 Å². The average molecular weight is 207 g/mol. The van der Waals surface area contributed by atoms with Crippen molar-refractivity contribution in [3.05, 3.63) is 29.4 Å². The number of fused-ring (bicyclic) bond motifs is 1. The third-order valence-corrected chi connectivity index (χ3v) is 2.89. The molecule has 0 spiro atoms. The van der Waals surface area contributed by atoms with E-state index >= 15 is 0 Å². The molecule has 72 valence electrons. The number of hydrogen-bond acceptors (Lipinski definition) is 1. The highest BCUT2D eigenvalue weighted by molar-refractivity contribution is 6.31. The first-order chi connectivity index (χ1) is 6.81. The molecule has 0 bridgehead atoms. The maximum atomic E-state index is 5.90. The summed E-state index contributed by atoms with van der Waals surface area (Å²) < 4.78 is 2.04. The first kappa shape index (κ1) is 8.30. The predicted octanol–water partition coefficient (Wildman–Crippen LogP) is 3.10. The van der Waals surface area contributed by atoms with Crippen molar-refractivity contribution in [2.75, 3.05) is 0 Å². The van der Waals surface area contributed by atoms with E-state index in [1.807, 2.05) is 22.9 Å². The highest BCUT2D eigenvalue weighted by atomic mass is 35.5. The van der Waals surface area contributed by atoms with Gasteiger partial charge in [-0.25, -0.2) is 0 Å². The highest BCUT2D eigenvalue weighted by Gasteiger charge is 2.22. The maximum Gasteiger partial charge on any atom is 0.0938 e. The Balaban J connectivity index is 2.01. The molecule has 2 nitrogen and oxygen atoms in total. The van der Waals surface area contributed by atoms with Crippen LogP contribution in [0.2, 0.25) is 5.02 Å². The van der Waals surface area contributed by atoms with Crippen LogP contribution in [0.3, 0.4) is 0 Å². The van der Waals surface area contributed by atoms with Gasteiger partial charge in [0.1, 0.15) is 0 Å². The second-order valence-corrected chi connectivity index (χ2v) is 4.43. The van der Waals surface area contributed by atoms with E-state index < -0.39 is 0 Å². The minimum atomic E-state index is 0.758. The quantitative estimate of drug-likeness (QED) is 0.739. The molecule has 14 heavy (non-hydrogen) atoms. The van der Waals surface area contributed by atoms with Gasteiger partial charge in [0.15, 0.2) is 0 Å². The second-order valence-electron chi connectivity index (χ2n) is 4.00. The lowest BCUT2D eigenvalue weighted by Crippen LogP contribution is -1.99. The fraction of sp³-hybridized carbons (Fsp3) is 0.364. The van der Waals surface area contributed by atoms with Crippen LogP contribution in [0.4, 0.5) is 0 Å². The van der Waals surface area contributed by atoms with Gasteiger partial charge in [-0.05, 0) is 37.0 Å². The summed E-state index contributed by atoms with van der Waals surface area (Å²) in [5, 5.41) is 6.42. The third-order valence-electron chi connectivity index (χ3n) is 2.66. The Kier molecular flexibility index (Phi) is 1.77. The highest BCUT2D eigenvalue weighted by Crippen LogP contribution is 2.30. The summed E-state index contributed by atoms with van der Waals surface area (Å²) in [4.78, 5) is 0. The second kappa shape index (κ2) is 2.99. The summed E-state index contributed by atoms with van der Waals surface area (Å²) in [7, 11) is 0. The maximum absolute atomic E-state index is 5.90. The van der Waals surface area contributed by atoms with E-state index in [0.717, 1.165) is 23.0 Å². The van der Waals surface area contributed by atoms with Gasteiger partial charge in [0.25, 0.3) is 0 Å². The standard InChI is InChI=1S/C11H11ClN2/c12-10-4-3-9-7-14(6-8-1-2-8)13-11(9)5-10/h3-5,7-8H,1-2,6H2. The van der Waals surface area contributed by atoms with Crippen LogP contribution < -0.4 is 0 Å². The molecule has 3 rings (SSSR count). The number of aromatic nitrogens is 2. The van der Waals surface area contributed by atoms with Crippen molar-refractivity contribution < 1.29 is 0 Å². The summed E-state index contributed by atoms with van der Waals surface area (Å²) in [6.45, 7) is 1.06. The molecule has 1 aliphatic rings. The molecular weight excluding hydrogens is 196 g/mol. The Hall–Kier alpha value is -1.02. The zero-order valence-electron chi connectivity index (χ0n) is 7.78. The van der Waals surface area contributed by atoms with Gasteiger partial charge in [-0.15, -0.1) is 0 Å². The molecule has 1 fully saturated rings. The van der Waals surface area contributed by atoms with E-state index in [1.165, 1.54) is 18.2 Å². The molecule has 3 heteroatoms. The molecule has 1 heterocycles. The van der Waals surface area contributed by atoms with E-state index in [1.54, 1.807) is 0 Å². The van der Waals surface area contributed by atoms with Crippen LogP contribution in [-0.2, 0) is 6.54 Å². The third kappa shape index (κ3) is 1.50. The number of halogens is 1. The van der Waals surface area contributed by atoms with E-state index in [4.69, 9.17) is 11.6 Å². The first-order valence-electron chi connectivity index (χ1n) is 4.94. The topological polar surface area (TPSA) is 17.8 Å². The molecule has 2 aromatic rings. The fourth-order valence-corrected chi connectivity index (χ4v) is 1.87. The lowest BCUT2D eigenvalue weighted by Gasteiger charge is -1.95. The number of nitrogens with zero attached hydrogens (tertiary/aromatic N) is 2. The average Bonchev–Trinajstić information content (AvgIpc) is 2.84. The Morgan fingerprint density at radius 3 is 3.07 bits per heavy atom. The molecule has 1 aromatic heterocycles. The van der Waals surface area contributed by atoms with Crippen molar-refractivity contribution >= 4 is 22.5 Å². The predicted molar refractivity (Wildman–Crippen MR) is 57.5 cm³/mol. The molecule has 0 radical (unpaired) electrons. The zero-order valence-corrected chi connectivity index (χ0v) is 8.54. The molecule has 1 aromatic carbocycles. The lowest BCUT2D eigenvalue weighted by atomic mass is 10.3. The van der Waals surface area contributed by atoms with Gasteiger partial charge in [-0.1, -0.05) is 11.6 Å². The van der Waals surface area contributed by atoms with E-state index in [-0.39, 0.29) is 0 Å². The van der Waals surface area contributed by atoms with Crippen LogP contribution in [0.5, 0.6) is 0 Å². The molecule has 0 saturated heterocycles. The molecule has 0 aliphatic heterocycles. The van der Waals surface area contributed by atoms with E-state index in [2.05, 4.69) is 11.3 Å². The van der Waals surface area contributed by atoms with Crippen LogP contribution in [0.25, 0.3) is 10.9 Å². The minimum Gasteiger partial charge on any atom is -0.271 e. The van der Waals surface area contributed by atoms with Gasteiger partial charge in [-0.2, -0.15) is 5.10 Å². The molecule has 0 amide bonds. The van der Waals surface area contributed by atoms with Gasteiger partial charge >= 0.3 is 0 Å². The fourth-order valence-electron chi connectivity index (χ4n) is 1.70. The summed E-state index contributed by atoms with van der Waals surface area (Å²) in [5.41, 5.74) is 0.998. The Bertz CT molecular complexity index is 471. The van der Waals surface area contributed by atoms with E-state index in [9.17, 15) is 0 Å². The van der Waals surface area contributed by atoms with Gasteiger partial charge in [-0.3, -0.25) is 4.68 Å². The van der Waals surface area contributed by atoms with Crippen LogP contribution in [0.1, 0.15) is 12.8 Å². The van der Waals surface area contributed by atoms with Gasteiger partial charge in [0.05, 0.1) is 5.52 Å². The van der Waals surface area contributed by atoms with Crippen LogP contribution in [0, 0.1) is 5.92 Å². The molecule has 0 unspecified atom stereocenters. The van der Waals surface area contributed by atoms with Crippen molar-refractivity contribution in [3.8, 4) is 0 Å². The van der Waals surface area contributed by atoms with Crippen molar-refractivity contribution in [1.82, 2.24) is 9.78 Å². The Morgan fingerprint density at radius 2 is 2.29 bits per heavy atom. The van der Waals surface area contributed by atoms with Gasteiger partial charge < -0.3 is 0 Å². The molecule has 1 saturated carbocycles. The summed E-state index contributed by atoms with van der Waals surface area (Å²) in [5.74, 6) is 0.861. The molecule has 0 atom stereocenters. The number of benzene rings is 1. The van der Waals surface area contributed by atoms with Crippen LogP contribution in [0.15, 0.2) is 24.4 Å². The summed E-state index contributed by atoms with van der Waals surface area (Å²) in [6, 6.07) is 5.85. The normalized spacial score (nSPS) is 16.4. The number of hydrogen-bond donors (Lipinski definition) is 0.